The Bertz CT molecular complexity index is 1070. The molecule has 0 radical (unpaired) electrons. The highest BCUT2D eigenvalue weighted by atomic mass is 16.5. The van der Waals surface area contributed by atoms with E-state index in [9.17, 15) is 4.79 Å². The van der Waals surface area contributed by atoms with Gasteiger partial charge >= 0.3 is 0 Å². The standard InChI is InChI=1S/C21H26N6O2/c1-21(11-25(2)12-21)13-29-17-10-22-26(3)19(17)15-6-7-27-16(8-15)9-18(24-27)23-20(28)14-4-5-14/h6-10,14H,4-5,11-13H2,1-3H3,(H,23,24,28). The molecule has 3 aromatic rings. The molecule has 8 heteroatoms. The molecule has 1 aliphatic heterocycles. The van der Waals surface area contributed by atoms with Crippen LogP contribution in [0.25, 0.3) is 16.8 Å². The van der Waals surface area contributed by atoms with Gasteiger partial charge in [-0.05, 0) is 32.0 Å². The molecular formula is C21H26N6O2. The Kier molecular flexibility index (Phi) is 4.13. The molecule has 29 heavy (non-hydrogen) atoms. The summed E-state index contributed by atoms with van der Waals surface area (Å²) in [5, 5.41) is 11.8. The number of aromatic nitrogens is 4. The SMILES string of the molecule is CN1CC(C)(COc2cnn(C)c2-c2ccn3nc(NC(=O)C4CC4)cc3c2)C1. The summed E-state index contributed by atoms with van der Waals surface area (Å²) in [6.45, 7) is 5.00. The lowest BCUT2D eigenvalue weighted by atomic mass is 9.83. The summed E-state index contributed by atoms with van der Waals surface area (Å²) in [5.41, 5.74) is 3.04. The minimum Gasteiger partial charge on any atom is -0.489 e. The largest absolute Gasteiger partial charge is 0.489 e. The van der Waals surface area contributed by atoms with Gasteiger partial charge in [0.2, 0.25) is 5.91 Å². The monoisotopic (exact) mass is 394 g/mol. The fourth-order valence-corrected chi connectivity index (χ4v) is 4.23. The number of ether oxygens (including phenoxy) is 1. The van der Waals surface area contributed by atoms with E-state index >= 15 is 0 Å². The number of amides is 1. The predicted octanol–water partition coefficient (Wildman–Crippen LogP) is 2.41. The summed E-state index contributed by atoms with van der Waals surface area (Å²) < 4.78 is 9.79. The number of pyridine rings is 1. The fourth-order valence-electron chi connectivity index (χ4n) is 4.23. The quantitative estimate of drug-likeness (QED) is 0.695. The van der Waals surface area contributed by atoms with E-state index in [-0.39, 0.29) is 17.2 Å². The molecule has 4 heterocycles. The number of anilines is 1. The van der Waals surface area contributed by atoms with Crippen LogP contribution in [-0.2, 0) is 11.8 Å². The van der Waals surface area contributed by atoms with E-state index < -0.39 is 0 Å². The van der Waals surface area contributed by atoms with Crippen molar-refractivity contribution >= 4 is 17.2 Å². The van der Waals surface area contributed by atoms with Gasteiger partial charge in [0.05, 0.1) is 18.3 Å². The second kappa shape index (κ2) is 6.59. The number of carbonyl (C=O) groups excluding carboxylic acids is 1. The maximum absolute atomic E-state index is 12.0. The van der Waals surface area contributed by atoms with Crippen LogP contribution in [0.3, 0.4) is 0 Å². The predicted molar refractivity (Wildman–Crippen MR) is 110 cm³/mol. The Balaban J connectivity index is 1.38. The number of carbonyl (C=O) groups is 1. The van der Waals surface area contributed by atoms with Crippen LogP contribution >= 0.6 is 0 Å². The zero-order valence-corrected chi connectivity index (χ0v) is 17.1. The van der Waals surface area contributed by atoms with E-state index in [1.807, 2.05) is 36.1 Å². The molecule has 0 atom stereocenters. The normalized spacial score (nSPS) is 18.6. The van der Waals surface area contributed by atoms with Gasteiger partial charge in [-0.2, -0.15) is 10.2 Å². The van der Waals surface area contributed by atoms with Crippen molar-refractivity contribution in [1.29, 1.82) is 0 Å². The van der Waals surface area contributed by atoms with Gasteiger partial charge in [-0.25, -0.2) is 4.52 Å². The summed E-state index contributed by atoms with van der Waals surface area (Å²) in [6.07, 6.45) is 5.63. The van der Waals surface area contributed by atoms with Crippen molar-refractivity contribution in [2.24, 2.45) is 18.4 Å². The van der Waals surface area contributed by atoms with Crippen molar-refractivity contribution in [3.05, 3.63) is 30.6 Å². The van der Waals surface area contributed by atoms with Crippen molar-refractivity contribution in [2.75, 3.05) is 32.1 Å². The van der Waals surface area contributed by atoms with E-state index in [0.717, 1.165) is 48.5 Å². The van der Waals surface area contributed by atoms with E-state index in [1.165, 1.54) is 0 Å². The molecule has 1 N–H and O–H groups in total. The van der Waals surface area contributed by atoms with E-state index in [2.05, 4.69) is 34.4 Å². The first-order valence-corrected chi connectivity index (χ1v) is 10.0. The number of rotatable bonds is 6. The minimum atomic E-state index is 0.0612. The van der Waals surface area contributed by atoms with Crippen LogP contribution in [0.5, 0.6) is 5.75 Å². The van der Waals surface area contributed by atoms with Crippen LogP contribution in [0.15, 0.2) is 30.6 Å². The smallest absolute Gasteiger partial charge is 0.228 e. The second-order valence-electron chi connectivity index (χ2n) is 8.83. The van der Waals surface area contributed by atoms with Gasteiger partial charge in [0.15, 0.2) is 11.6 Å². The first-order chi connectivity index (χ1) is 13.9. The molecule has 0 aromatic carbocycles. The Hall–Kier alpha value is -2.87. The molecule has 3 aromatic heterocycles. The van der Waals surface area contributed by atoms with Gasteiger partial charge in [0.1, 0.15) is 5.69 Å². The summed E-state index contributed by atoms with van der Waals surface area (Å²) in [4.78, 5) is 14.3. The highest BCUT2D eigenvalue weighted by Gasteiger charge is 2.37. The minimum absolute atomic E-state index is 0.0612. The van der Waals surface area contributed by atoms with Gasteiger partial charge in [-0.1, -0.05) is 6.92 Å². The first-order valence-electron chi connectivity index (χ1n) is 10.0. The molecule has 0 bridgehead atoms. The molecule has 2 aliphatic rings. The molecule has 0 spiro atoms. The van der Waals surface area contributed by atoms with Crippen LogP contribution in [0.2, 0.25) is 0 Å². The van der Waals surface area contributed by atoms with Gasteiger partial charge in [-0.3, -0.25) is 9.48 Å². The molecule has 152 valence electrons. The number of nitrogens with one attached hydrogen (secondary N) is 1. The zero-order chi connectivity index (χ0) is 20.2. The van der Waals surface area contributed by atoms with Crippen molar-refractivity contribution < 1.29 is 9.53 Å². The summed E-state index contributed by atoms with van der Waals surface area (Å²) in [5.74, 6) is 1.59. The van der Waals surface area contributed by atoms with Crippen LogP contribution < -0.4 is 10.1 Å². The zero-order valence-electron chi connectivity index (χ0n) is 17.1. The lowest BCUT2D eigenvalue weighted by Gasteiger charge is -2.45. The number of aryl methyl sites for hydroxylation is 1. The van der Waals surface area contributed by atoms with Crippen molar-refractivity contribution in [3.8, 4) is 17.0 Å². The highest BCUT2D eigenvalue weighted by molar-refractivity contribution is 5.93. The number of hydrogen-bond acceptors (Lipinski definition) is 5. The molecule has 2 fully saturated rings. The molecule has 1 aliphatic carbocycles. The van der Waals surface area contributed by atoms with E-state index in [0.29, 0.717) is 12.4 Å². The highest BCUT2D eigenvalue weighted by Crippen LogP contribution is 2.34. The number of likely N-dealkylation sites (tertiary alicyclic amines) is 1. The lowest BCUT2D eigenvalue weighted by molar-refractivity contribution is -0.117. The van der Waals surface area contributed by atoms with Gasteiger partial charge in [-0.15, -0.1) is 0 Å². The number of hydrogen-bond donors (Lipinski definition) is 1. The number of nitrogens with zero attached hydrogens (tertiary/aromatic N) is 5. The fraction of sp³-hybridized carbons (Fsp3) is 0.476. The Morgan fingerprint density at radius 3 is 2.83 bits per heavy atom. The topological polar surface area (TPSA) is 76.7 Å². The van der Waals surface area contributed by atoms with Gasteiger partial charge < -0.3 is 15.0 Å². The molecule has 5 rings (SSSR count). The first kappa shape index (κ1) is 18.2. The van der Waals surface area contributed by atoms with Crippen molar-refractivity contribution in [1.82, 2.24) is 24.3 Å². The number of fused-ring (bicyclic) bond motifs is 1. The van der Waals surface area contributed by atoms with Crippen LogP contribution in [0, 0.1) is 11.3 Å². The Labute approximate surface area is 169 Å². The molecule has 0 unspecified atom stereocenters. The molecule has 1 saturated carbocycles. The van der Waals surface area contributed by atoms with Crippen molar-refractivity contribution in [3.63, 3.8) is 0 Å². The maximum Gasteiger partial charge on any atom is 0.228 e. The third-order valence-corrected chi connectivity index (χ3v) is 5.72. The molecule has 1 amide bonds. The average molecular weight is 394 g/mol. The average Bonchev–Trinajstić information content (AvgIpc) is 3.34. The molecular weight excluding hydrogens is 368 g/mol. The van der Waals surface area contributed by atoms with Crippen LogP contribution in [0.4, 0.5) is 5.82 Å². The summed E-state index contributed by atoms with van der Waals surface area (Å²) in [6, 6.07) is 5.93. The van der Waals surface area contributed by atoms with Crippen LogP contribution in [0.1, 0.15) is 19.8 Å². The van der Waals surface area contributed by atoms with E-state index in [4.69, 9.17) is 4.74 Å². The van der Waals surface area contributed by atoms with Gasteiger partial charge in [0, 0.05) is 49.3 Å². The van der Waals surface area contributed by atoms with E-state index in [1.54, 1.807) is 10.7 Å². The Morgan fingerprint density at radius 2 is 2.10 bits per heavy atom. The Morgan fingerprint density at radius 1 is 1.31 bits per heavy atom. The third-order valence-electron chi connectivity index (χ3n) is 5.72. The van der Waals surface area contributed by atoms with Gasteiger partial charge in [0.25, 0.3) is 0 Å². The van der Waals surface area contributed by atoms with Crippen molar-refractivity contribution in [2.45, 2.75) is 19.8 Å². The second-order valence-corrected chi connectivity index (χ2v) is 8.83. The third kappa shape index (κ3) is 3.48. The van der Waals surface area contributed by atoms with Crippen LogP contribution in [-0.4, -0.2) is 56.9 Å². The molecule has 1 saturated heterocycles. The summed E-state index contributed by atoms with van der Waals surface area (Å²) in [7, 11) is 4.04. The summed E-state index contributed by atoms with van der Waals surface area (Å²) >= 11 is 0. The molecule has 8 nitrogen and oxygen atoms in total. The maximum atomic E-state index is 12.0. The lowest BCUT2D eigenvalue weighted by Crippen LogP contribution is -2.55.